The zero-order chi connectivity index (χ0) is 21.2. The van der Waals surface area contributed by atoms with Crippen LogP contribution >= 0.6 is 23.4 Å². The monoisotopic (exact) mass is 436 g/mol. The van der Waals surface area contributed by atoms with Gasteiger partial charge in [-0.2, -0.15) is 0 Å². The summed E-state index contributed by atoms with van der Waals surface area (Å²) in [6, 6.07) is 13.2. The Morgan fingerprint density at radius 3 is 2.45 bits per heavy atom. The summed E-state index contributed by atoms with van der Waals surface area (Å²) >= 11 is 7.29. The van der Waals surface area contributed by atoms with Gasteiger partial charge in [-0.1, -0.05) is 48.9 Å². The van der Waals surface area contributed by atoms with E-state index in [1.54, 1.807) is 35.2 Å². The average molecular weight is 437 g/mol. The molecule has 0 saturated heterocycles. The number of carbonyl (C=O) groups excluding carboxylic acids is 2. The van der Waals surface area contributed by atoms with Gasteiger partial charge in [0.25, 0.3) is 0 Å². The van der Waals surface area contributed by atoms with E-state index in [2.05, 4.69) is 5.32 Å². The molecule has 2 aromatic carbocycles. The summed E-state index contributed by atoms with van der Waals surface area (Å²) in [6.45, 7) is 4.54. The number of halogens is 2. The summed E-state index contributed by atoms with van der Waals surface area (Å²) in [5, 5.41) is 3.42. The third-order valence-corrected chi connectivity index (χ3v) is 5.66. The Hall–Kier alpha value is -2.05. The molecular formula is C22H26ClFN2O2S. The Kier molecular flexibility index (Phi) is 9.48. The topological polar surface area (TPSA) is 49.4 Å². The summed E-state index contributed by atoms with van der Waals surface area (Å²) in [5.74, 6) is -0.0433. The van der Waals surface area contributed by atoms with Crippen molar-refractivity contribution in [2.24, 2.45) is 0 Å². The van der Waals surface area contributed by atoms with Crippen LogP contribution in [0.4, 0.5) is 4.39 Å². The van der Waals surface area contributed by atoms with Gasteiger partial charge in [-0.05, 0) is 42.7 Å². The predicted octanol–water partition coefficient (Wildman–Crippen LogP) is 4.66. The highest BCUT2D eigenvalue weighted by molar-refractivity contribution is 7.99. The number of hydrogen-bond donors (Lipinski definition) is 1. The van der Waals surface area contributed by atoms with Crippen LogP contribution in [0.1, 0.15) is 31.4 Å². The van der Waals surface area contributed by atoms with E-state index >= 15 is 0 Å². The predicted molar refractivity (Wildman–Crippen MR) is 117 cm³/mol. The van der Waals surface area contributed by atoms with Crippen molar-refractivity contribution in [2.75, 3.05) is 12.3 Å². The molecule has 0 spiro atoms. The van der Waals surface area contributed by atoms with Crippen molar-refractivity contribution in [1.82, 2.24) is 10.2 Å². The molecule has 2 amide bonds. The van der Waals surface area contributed by atoms with Crippen LogP contribution in [0.5, 0.6) is 0 Å². The minimum absolute atomic E-state index is 0.153. The molecular weight excluding hydrogens is 411 g/mol. The van der Waals surface area contributed by atoms with E-state index in [-0.39, 0.29) is 23.4 Å². The number of benzene rings is 2. The number of hydrogen-bond acceptors (Lipinski definition) is 3. The van der Waals surface area contributed by atoms with Crippen molar-refractivity contribution in [1.29, 1.82) is 0 Å². The van der Waals surface area contributed by atoms with Gasteiger partial charge in [0.05, 0.1) is 5.75 Å². The molecule has 0 fully saturated rings. The molecule has 0 bridgehead atoms. The van der Waals surface area contributed by atoms with Crippen molar-refractivity contribution >= 4 is 35.2 Å². The van der Waals surface area contributed by atoms with Gasteiger partial charge >= 0.3 is 0 Å². The number of amides is 2. The lowest BCUT2D eigenvalue weighted by molar-refractivity contribution is -0.139. The third kappa shape index (κ3) is 7.05. The smallest absolute Gasteiger partial charge is 0.242 e. The first-order valence-corrected chi connectivity index (χ1v) is 11.1. The molecule has 1 unspecified atom stereocenters. The minimum atomic E-state index is -0.563. The van der Waals surface area contributed by atoms with Crippen LogP contribution in [0, 0.1) is 5.82 Å². The molecule has 7 heteroatoms. The Labute approximate surface area is 180 Å². The van der Waals surface area contributed by atoms with Crippen molar-refractivity contribution < 1.29 is 14.0 Å². The summed E-state index contributed by atoms with van der Waals surface area (Å²) < 4.78 is 13.8. The second-order valence-corrected chi connectivity index (χ2v) is 7.97. The van der Waals surface area contributed by atoms with Crippen LogP contribution in [0.25, 0.3) is 0 Å². The Morgan fingerprint density at radius 2 is 1.83 bits per heavy atom. The molecule has 4 nitrogen and oxygen atoms in total. The molecule has 2 rings (SSSR count). The van der Waals surface area contributed by atoms with E-state index < -0.39 is 6.04 Å². The highest BCUT2D eigenvalue weighted by Gasteiger charge is 2.28. The number of nitrogens with zero attached hydrogens (tertiary/aromatic N) is 1. The molecule has 1 atom stereocenters. The van der Waals surface area contributed by atoms with Gasteiger partial charge in [0.1, 0.15) is 11.9 Å². The maximum atomic E-state index is 13.8. The first-order valence-electron chi connectivity index (χ1n) is 9.59. The SMILES string of the molecule is CCNC(=O)C(CC)N(Cc1ccc(Cl)cc1)C(=O)CSCc1ccccc1F. The summed E-state index contributed by atoms with van der Waals surface area (Å²) in [4.78, 5) is 27.1. The van der Waals surface area contributed by atoms with Crippen LogP contribution in [0.3, 0.4) is 0 Å². The molecule has 0 aromatic heterocycles. The fourth-order valence-electron chi connectivity index (χ4n) is 2.94. The Morgan fingerprint density at radius 1 is 1.14 bits per heavy atom. The largest absolute Gasteiger partial charge is 0.355 e. The van der Waals surface area contributed by atoms with E-state index in [0.29, 0.717) is 35.8 Å². The van der Waals surface area contributed by atoms with E-state index in [0.717, 1.165) is 5.56 Å². The average Bonchev–Trinajstić information content (AvgIpc) is 2.71. The molecule has 0 aliphatic rings. The van der Waals surface area contributed by atoms with Crippen molar-refractivity contribution in [2.45, 2.75) is 38.6 Å². The van der Waals surface area contributed by atoms with Gasteiger partial charge in [0.15, 0.2) is 0 Å². The van der Waals surface area contributed by atoms with Crippen molar-refractivity contribution in [3.8, 4) is 0 Å². The zero-order valence-corrected chi connectivity index (χ0v) is 18.2. The van der Waals surface area contributed by atoms with Crippen LogP contribution in [0.15, 0.2) is 48.5 Å². The van der Waals surface area contributed by atoms with Crippen LogP contribution in [-0.2, 0) is 21.9 Å². The first kappa shape index (κ1) is 23.2. The summed E-state index contributed by atoms with van der Waals surface area (Å²) in [7, 11) is 0. The van der Waals surface area contributed by atoms with Gasteiger partial charge in [-0.25, -0.2) is 4.39 Å². The van der Waals surface area contributed by atoms with Crippen LogP contribution in [-0.4, -0.2) is 35.1 Å². The fourth-order valence-corrected chi connectivity index (χ4v) is 3.97. The lowest BCUT2D eigenvalue weighted by atomic mass is 10.1. The number of rotatable bonds is 10. The van der Waals surface area contributed by atoms with Gasteiger partial charge in [0, 0.05) is 23.9 Å². The highest BCUT2D eigenvalue weighted by atomic mass is 35.5. The van der Waals surface area contributed by atoms with Crippen molar-refractivity contribution in [3.05, 3.63) is 70.5 Å². The number of nitrogens with one attached hydrogen (secondary N) is 1. The number of likely N-dealkylation sites (N-methyl/N-ethyl adjacent to an activating group) is 1. The second kappa shape index (κ2) is 11.8. The lowest BCUT2D eigenvalue weighted by Crippen LogP contribution is -2.49. The van der Waals surface area contributed by atoms with E-state index in [4.69, 9.17) is 11.6 Å². The summed E-state index contributed by atoms with van der Waals surface area (Å²) in [6.07, 6.45) is 0.503. The molecule has 1 N–H and O–H groups in total. The quantitative estimate of drug-likeness (QED) is 0.589. The minimum Gasteiger partial charge on any atom is -0.355 e. The van der Waals surface area contributed by atoms with E-state index in [9.17, 15) is 14.0 Å². The molecule has 0 aliphatic heterocycles. The molecule has 0 heterocycles. The highest BCUT2D eigenvalue weighted by Crippen LogP contribution is 2.19. The molecule has 0 saturated carbocycles. The maximum absolute atomic E-state index is 13.8. The first-order chi connectivity index (χ1) is 14.0. The molecule has 29 heavy (non-hydrogen) atoms. The molecule has 0 radical (unpaired) electrons. The van der Waals surface area contributed by atoms with E-state index in [1.165, 1.54) is 17.8 Å². The Balaban J connectivity index is 2.11. The third-order valence-electron chi connectivity index (χ3n) is 4.44. The molecule has 0 aliphatic carbocycles. The van der Waals surface area contributed by atoms with Gasteiger partial charge in [-0.3, -0.25) is 9.59 Å². The molecule has 2 aromatic rings. The lowest BCUT2D eigenvalue weighted by Gasteiger charge is -2.30. The Bertz CT molecular complexity index is 817. The normalized spacial score (nSPS) is 11.7. The van der Waals surface area contributed by atoms with Gasteiger partial charge < -0.3 is 10.2 Å². The summed E-state index contributed by atoms with van der Waals surface area (Å²) in [5.41, 5.74) is 1.45. The second-order valence-electron chi connectivity index (χ2n) is 6.55. The molecule has 156 valence electrons. The fraction of sp³-hybridized carbons (Fsp3) is 0.364. The number of carbonyl (C=O) groups is 2. The zero-order valence-electron chi connectivity index (χ0n) is 16.7. The maximum Gasteiger partial charge on any atom is 0.242 e. The van der Waals surface area contributed by atoms with Gasteiger partial charge in [-0.15, -0.1) is 11.8 Å². The number of thioether (sulfide) groups is 1. The van der Waals surface area contributed by atoms with Crippen LogP contribution < -0.4 is 5.32 Å². The van der Waals surface area contributed by atoms with Crippen molar-refractivity contribution in [3.63, 3.8) is 0 Å². The van der Waals surface area contributed by atoms with Gasteiger partial charge in [0.2, 0.25) is 11.8 Å². The van der Waals surface area contributed by atoms with Crippen LogP contribution in [0.2, 0.25) is 5.02 Å². The van der Waals surface area contributed by atoms with E-state index in [1.807, 2.05) is 26.0 Å². The standard InChI is InChI=1S/C22H26ClFN2O2S/c1-3-20(22(28)25-4-2)26(13-16-9-11-18(23)12-10-16)21(27)15-29-14-17-7-5-6-8-19(17)24/h5-12,20H,3-4,13-15H2,1-2H3,(H,25,28).